The van der Waals surface area contributed by atoms with E-state index in [1.54, 1.807) is 12.1 Å². The maximum Gasteiger partial charge on any atom is 0.124 e. The lowest BCUT2D eigenvalue weighted by molar-refractivity contribution is 0.276. The minimum absolute atomic E-state index is 0.331. The molecule has 0 fully saturated rings. The minimum atomic E-state index is 0.331. The molecule has 3 heteroatoms. The van der Waals surface area contributed by atoms with Crippen molar-refractivity contribution < 1.29 is 9.84 Å². The summed E-state index contributed by atoms with van der Waals surface area (Å²) >= 11 is 0. The first-order valence-electron chi connectivity index (χ1n) is 9.00. The highest BCUT2D eigenvalue weighted by Crippen LogP contribution is 2.31. The zero-order chi connectivity index (χ0) is 16.8. The number of ether oxygens (including phenoxy) is 1. The molecule has 0 aliphatic carbocycles. The van der Waals surface area contributed by atoms with Crippen LogP contribution in [0.25, 0.3) is 0 Å². The van der Waals surface area contributed by atoms with Crippen LogP contribution < -0.4 is 4.74 Å². The number of fused-ring (bicyclic) bond motifs is 1. The van der Waals surface area contributed by atoms with Crippen molar-refractivity contribution in [1.29, 1.82) is 0 Å². The molecule has 1 aliphatic heterocycles. The van der Waals surface area contributed by atoms with Gasteiger partial charge in [-0.25, -0.2) is 0 Å². The number of aromatic hydroxyl groups is 1. The van der Waals surface area contributed by atoms with Crippen LogP contribution in [-0.4, -0.2) is 23.2 Å². The Morgan fingerprint density at radius 3 is 2.67 bits per heavy atom. The normalized spacial score (nSPS) is 13.9. The largest absolute Gasteiger partial charge is 0.508 e. The summed E-state index contributed by atoms with van der Waals surface area (Å²) in [5.74, 6) is 1.40. The molecule has 2 aromatic rings. The standard InChI is InChI=1S/C21H27NO2/c1-2-3-4-14-24-21-7-5-6-18-15-22(16-20(18)21)13-12-17-8-10-19(23)11-9-17/h5-11,23H,2-4,12-16H2,1H3. The Bertz CT molecular complexity index is 651. The first-order valence-corrected chi connectivity index (χ1v) is 9.00. The Morgan fingerprint density at radius 1 is 1.04 bits per heavy atom. The summed E-state index contributed by atoms with van der Waals surface area (Å²) in [6.07, 6.45) is 4.58. The number of phenols is 1. The van der Waals surface area contributed by atoms with E-state index in [2.05, 4.69) is 30.0 Å². The molecule has 0 unspecified atom stereocenters. The average molecular weight is 325 g/mol. The highest BCUT2D eigenvalue weighted by molar-refractivity contribution is 5.42. The molecule has 0 bridgehead atoms. The smallest absolute Gasteiger partial charge is 0.124 e. The Morgan fingerprint density at radius 2 is 1.88 bits per heavy atom. The fourth-order valence-electron chi connectivity index (χ4n) is 3.24. The minimum Gasteiger partial charge on any atom is -0.508 e. The summed E-state index contributed by atoms with van der Waals surface area (Å²) in [5.41, 5.74) is 4.02. The summed E-state index contributed by atoms with van der Waals surface area (Å²) in [6.45, 7) is 6.02. The van der Waals surface area contributed by atoms with Gasteiger partial charge in [-0.2, -0.15) is 0 Å². The molecule has 3 rings (SSSR count). The van der Waals surface area contributed by atoms with E-state index < -0.39 is 0 Å². The predicted octanol–water partition coefficient (Wildman–Crippen LogP) is 4.52. The molecule has 1 N–H and O–H groups in total. The first kappa shape index (κ1) is 16.8. The number of phenolic OH excluding ortho intramolecular Hbond substituents is 1. The molecule has 0 atom stereocenters. The van der Waals surface area contributed by atoms with Gasteiger partial charge in [-0.3, -0.25) is 4.90 Å². The zero-order valence-electron chi connectivity index (χ0n) is 14.5. The molecular weight excluding hydrogens is 298 g/mol. The Kier molecular flexibility index (Phi) is 5.76. The Hall–Kier alpha value is -2.00. The van der Waals surface area contributed by atoms with Gasteiger partial charge in [-0.1, -0.05) is 44.0 Å². The van der Waals surface area contributed by atoms with Gasteiger partial charge >= 0.3 is 0 Å². The van der Waals surface area contributed by atoms with E-state index in [0.29, 0.717) is 5.75 Å². The number of hydrogen-bond donors (Lipinski definition) is 1. The van der Waals surface area contributed by atoms with Crippen LogP contribution in [0.1, 0.15) is 42.9 Å². The number of benzene rings is 2. The van der Waals surface area contributed by atoms with Gasteiger partial charge in [0.1, 0.15) is 11.5 Å². The van der Waals surface area contributed by atoms with E-state index in [9.17, 15) is 5.11 Å². The van der Waals surface area contributed by atoms with Gasteiger partial charge in [0, 0.05) is 25.2 Å². The zero-order valence-corrected chi connectivity index (χ0v) is 14.5. The van der Waals surface area contributed by atoms with Gasteiger partial charge in [0.25, 0.3) is 0 Å². The van der Waals surface area contributed by atoms with Gasteiger partial charge in [-0.15, -0.1) is 0 Å². The maximum atomic E-state index is 9.37. The molecule has 2 aromatic carbocycles. The van der Waals surface area contributed by atoms with Crippen molar-refractivity contribution in [3.63, 3.8) is 0 Å². The molecule has 1 aliphatic rings. The SMILES string of the molecule is CCCCCOc1cccc2c1CN(CCc1ccc(O)cc1)C2. The van der Waals surface area contributed by atoms with Gasteiger partial charge in [0.2, 0.25) is 0 Å². The van der Waals surface area contributed by atoms with Crippen LogP contribution in [0.4, 0.5) is 0 Å². The van der Waals surface area contributed by atoms with Gasteiger partial charge in [-0.05, 0) is 42.2 Å². The number of hydrogen-bond acceptors (Lipinski definition) is 3. The predicted molar refractivity (Wildman–Crippen MR) is 97.4 cm³/mol. The second kappa shape index (κ2) is 8.20. The first-order chi connectivity index (χ1) is 11.8. The highest BCUT2D eigenvalue weighted by Gasteiger charge is 2.21. The fourth-order valence-corrected chi connectivity index (χ4v) is 3.24. The molecule has 0 amide bonds. The number of unbranched alkanes of at least 4 members (excludes halogenated alkanes) is 2. The Balaban J connectivity index is 1.55. The van der Waals surface area contributed by atoms with E-state index in [1.807, 2.05) is 12.1 Å². The van der Waals surface area contributed by atoms with Crippen LogP contribution in [-0.2, 0) is 19.5 Å². The van der Waals surface area contributed by atoms with Crippen LogP contribution in [0.5, 0.6) is 11.5 Å². The van der Waals surface area contributed by atoms with Crippen molar-refractivity contribution in [3.8, 4) is 11.5 Å². The van der Waals surface area contributed by atoms with Gasteiger partial charge in [0.15, 0.2) is 0 Å². The third-order valence-corrected chi connectivity index (χ3v) is 4.66. The van der Waals surface area contributed by atoms with E-state index >= 15 is 0 Å². The van der Waals surface area contributed by atoms with Crippen molar-refractivity contribution >= 4 is 0 Å². The molecule has 24 heavy (non-hydrogen) atoms. The average Bonchev–Trinajstić information content (AvgIpc) is 3.02. The Labute approximate surface area is 144 Å². The van der Waals surface area contributed by atoms with Gasteiger partial charge in [0.05, 0.1) is 6.61 Å². The molecule has 0 saturated carbocycles. The molecule has 0 spiro atoms. The van der Waals surface area contributed by atoms with E-state index in [1.165, 1.54) is 29.5 Å². The third kappa shape index (κ3) is 4.30. The highest BCUT2D eigenvalue weighted by atomic mass is 16.5. The van der Waals surface area contributed by atoms with Crippen molar-refractivity contribution in [2.24, 2.45) is 0 Å². The maximum absolute atomic E-state index is 9.37. The lowest BCUT2D eigenvalue weighted by atomic mass is 10.1. The van der Waals surface area contributed by atoms with Crippen LogP contribution in [0, 0.1) is 0 Å². The van der Waals surface area contributed by atoms with Crippen molar-refractivity contribution in [3.05, 3.63) is 59.2 Å². The van der Waals surface area contributed by atoms with E-state index in [0.717, 1.165) is 44.8 Å². The molecular formula is C21H27NO2. The molecule has 128 valence electrons. The molecule has 0 saturated heterocycles. The van der Waals surface area contributed by atoms with Crippen molar-refractivity contribution in [2.45, 2.75) is 45.7 Å². The lowest BCUT2D eigenvalue weighted by Gasteiger charge is -2.15. The quantitative estimate of drug-likeness (QED) is 0.724. The van der Waals surface area contributed by atoms with Crippen LogP contribution in [0.15, 0.2) is 42.5 Å². The molecule has 3 nitrogen and oxygen atoms in total. The van der Waals surface area contributed by atoms with Crippen LogP contribution in [0.3, 0.4) is 0 Å². The second-order valence-electron chi connectivity index (χ2n) is 6.58. The van der Waals surface area contributed by atoms with Gasteiger partial charge < -0.3 is 9.84 Å². The fraction of sp³-hybridized carbons (Fsp3) is 0.429. The van der Waals surface area contributed by atoms with Crippen LogP contribution >= 0.6 is 0 Å². The molecule has 0 aromatic heterocycles. The second-order valence-corrected chi connectivity index (χ2v) is 6.58. The topological polar surface area (TPSA) is 32.7 Å². The summed E-state index contributed by atoms with van der Waals surface area (Å²) < 4.78 is 6.02. The third-order valence-electron chi connectivity index (χ3n) is 4.66. The van der Waals surface area contributed by atoms with E-state index in [4.69, 9.17) is 4.74 Å². The lowest BCUT2D eigenvalue weighted by Crippen LogP contribution is -2.19. The summed E-state index contributed by atoms with van der Waals surface area (Å²) in [4.78, 5) is 2.47. The van der Waals surface area contributed by atoms with Crippen LogP contribution in [0.2, 0.25) is 0 Å². The summed E-state index contributed by atoms with van der Waals surface area (Å²) in [7, 11) is 0. The monoisotopic (exact) mass is 325 g/mol. The van der Waals surface area contributed by atoms with E-state index in [-0.39, 0.29) is 0 Å². The number of nitrogens with zero attached hydrogens (tertiary/aromatic N) is 1. The number of rotatable bonds is 8. The molecule has 1 heterocycles. The molecule has 0 radical (unpaired) electrons. The van der Waals surface area contributed by atoms with Crippen molar-refractivity contribution in [2.75, 3.05) is 13.2 Å². The summed E-state index contributed by atoms with van der Waals surface area (Å²) in [5, 5.41) is 9.37. The van der Waals surface area contributed by atoms with Crippen molar-refractivity contribution in [1.82, 2.24) is 4.90 Å². The summed E-state index contributed by atoms with van der Waals surface area (Å²) in [6, 6.07) is 14.0.